The molecule has 3 atom stereocenters. The number of carbonyl (C=O) groups is 1. The molecule has 0 aromatic rings. The lowest BCUT2D eigenvalue weighted by molar-refractivity contribution is -0.127. The molecule has 0 spiro atoms. The SMILES string of the molecule is CC(C)CC(CN(C)C)NC(=O)C1CCCCC1N. The smallest absolute Gasteiger partial charge is 0.224 e. The average Bonchev–Trinajstić information content (AvgIpc) is 2.27. The maximum atomic E-state index is 12.4. The van der Waals surface area contributed by atoms with Crippen LogP contribution in [0.3, 0.4) is 0 Å². The molecular weight excluding hydrogens is 238 g/mol. The predicted molar refractivity (Wildman–Crippen MR) is 79.9 cm³/mol. The molecule has 0 radical (unpaired) electrons. The summed E-state index contributed by atoms with van der Waals surface area (Å²) in [5.41, 5.74) is 6.09. The Labute approximate surface area is 118 Å². The summed E-state index contributed by atoms with van der Waals surface area (Å²) < 4.78 is 0. The normalized spacial score (nSPS) is 25.6. The minimum atomic E-state index is 0.0191. The minimum absolute atomic E-state index is 0.0191. The van der Waals surface area contributed by atoms with Crippen LogP contribution >= 0.6 is 0 Å². The van der Waals surface area contributed by atoms with Gasteiger partial charge in [-0.3, -0.25) is 4.79 Å². The second-order valence-corrected chi connectivity index (χ2v) is 6.65. The molecule has 1 aliphatic carbocycles. The van der Waals surface area contributed by atoms with E-state index in [2.05, 4.69) is 24.1 Å². The maximum Gasteiger partial charge on any atom is 0.224 e. The molecule has 3 unspecified atom stereocenters. The Morgan fingerprint density at radius 2 is 1.95 bits per heavy atom. The van der Waals surface area contributed by atoms with Crippen LogP contribution in [0.5, 0.6) is 0 Å². The molecule has 1 aliphatic rings. The van der Waals surface area contributed by atoms with Gasteiger partial charge in [0.1, 0.15) is 0 Å². The van der Waals surface area contributed by atoms with Gasteiger partial charge < -0.3 is 16.0 Å². The third-order valence-corrected chi connectivity index (χ3v) is 3.84. The third-order valence-electron chi connectivity index (χ3n) is 3.84. The van der Waals surface area contributed by atoms with Crippen molar-refractivity contribution in [2.24, 2.45) is 17.6 Å². The first-order chi connectivity index (χ1) is 8.90. The summed E-state index contributed by atoms with van der Waals surface area (Å²) in [7, 11) is 4.09. The van der Waals surface area contributed by atoms with E-state index < -0.39 is 0 Å². The third kappa shape index (κ3) is 5.91. The molecule has 0 bridgehead atoms. The number of hydrogen-bond acceptors (Lipinski definition) is 3. The van der Waals surface area contributed by atoms with Crippen molar-refractivity contribution in [1.29, 1.82) is 0 Å². The van der Waals surface area contributed by atoms with Crippen molar-refractivity contribution >= 4 is 5.91 Å². The number of likely N-dealkylation sites (N-methyl/N-ethyl adjacent to an activating group) is 1. The molecule has 0 saturated heterocycles. The fourth-order valence-electron chi connectivity index (χ4n) is 2.98. The van der Waals surface area contributed by atoms with Gasteiger partial charge in [0.2, 0.25) is 5.91 Å². The lowest BCUT2D eigenvalue weighted by Gasteiger charge is -2.31. The molecule has 0 aromatic heterocycles. The van der Waals surface area contributed by atoms with E-state index in [1.54, 1.807) is 0 Å². The minimum Gasteiger partial charge on any atom is -0.352 e. The van der Waals surface area contributed by atoms with E-state index in [9.17, 15) is 4.79 Å². The molecule has 0 heterocycles. The van der Waals surface area contributed by atoms with E-state index in [-0.39, 0.29) is 23.9 Å². The summed E-state index contributed by atoms with van der Waals surface area (Å²) in [4.78, 5) is 14.5. The maximum absolute atomic E-state index is 12.4. The van der Waals surface area contributed by atoms with Gasteiger partial charge in [-0.25, -0.2) is 0 Å². The molecule has 1 saturated carbocycles. The Bertz CT molecular complexity index is 269. The molecule has 1 amide bonds. The zero-order valence-corrected chi connectivity index (χ0v) is 13.0. The number of nitrogens with one attached hydrogen (secondary N) is 1. The van der Waals surface area contributed by atoms with Gasteiger partial charge in [0, 0.05) is 18.6 Å². The summed E-state index contributed by atoms with van der Waals surface area (Å²) in [6, 6.07) is 0.282. The number of nitrogens with two attached hydrogens (primary N) is 1. The van der Waals surface area contributed by atoms with Crippen LogP contribution in [0.2, 0.25) is 0 Å². The van der Waals surface area contributed by atoms with E-state index >= 15 is 0 Å². The van der Waals surface area contributed by atoms with Crippen LogP contribution < -0.4 is 11.1 Å². The van der Waals surface area contributed by atoms with Crippen LogP contribution in [0.4, 0.5) is 0 Å². The van der Waals surface area contributed by atoms with Crippen molar-refractivity contribution < 1.29 is 4.79 Å². The van der Waals surface area contributed by atoms with Crippen molar-refractivity contribution in [2.45, 2.75) is 58.0 Å². The Hall–Kier alpha value is -0.610. The van der Waals surface area contributed by atoms with Crippen LogP contribution in [-0.4, -0.2) is 43.5 Å². The topological polar surface area (TPSA) is 58.4 Å². The second kappa shape index (κ2) is 7.85. The number of carbonyl (C=O) groups excluding carboxylic acids is 1. The van der Waals surface area contributed by atoms with Crippen molar-refractivity contribution in [3.05, 3.63) is 0 Å². The first-order valence-corrected chi connectivity index (χ1v) is 7.60. The summed E-state index contributed by atoms with van der Waals surface area (Å²) in [5.74, 6) is 0.774. The van der Waals surface area contributed by atoms with Crippen LogP contribution in [-0.2, 0) is 4.79 Å². The van der Waals surface area contributed by atoms with Gasteiger partial charge in [-0.15, -0.1) is 0 Å². The van der Waals surface area contributed by atoms with Crippen molar-refractivity contribution in [3.63, 3.8) is 0 Å². The fraction of sp³-hybridized carbons (Fsp3) is 0.933. The van der Waals surface area contributed by atoms with Crippen LogP contribution in [0.1, 0.15) is 46.0 Å². The highest BCUT2D eigenvalue weighted by atomic mass is 16.2. The molecule has 4 heteroatoms. The number of hydrogen-bond donors (Lipinski definition) is 2. The standard InChI is InChI=1S/C15H31N3O/c1-11(2)9-12(10-18(3)4)17-15(19)13-7-5-6-8-14(13)16/h11-14H,5-10,16H2,1-4H3,(H,17,19). The van der Waals surface area contributed by atoms with Crippen LogP contribution in [0.25, 0.3) is 0 Å². The molecule has 1 fully saturated rings. The Morgan fingerprint density at radius 1 is 1.32 bits per heavy atom. The quantitative estimate of drug-likeness (QED) is 0.770. The lowest BCUT2D eigenvalue weighted by Crippen LogP contribution is -2.49. The molecule has 4 nitrogen and oxygen atoms in total. The Kier molecular flexibility index (Phi) is 6.80. The van der Waals surface area contributed by atoms with E-state index in [4.69, 9.17) is 5.73 Å². The van der Waals surface area contributed by atoms with Gasteiger partial charge >= 0.3 is 0 Å². The Morgan fingerprint density at radius 3 is 2.47 bits per heavy atom. The van der Waals surface area contributed by atoms with E-state index in [0.29, 0.717) is 5.92 Å². The molecule has 112 valence electrons. The summed E-state index contributed by atoms with van der Waals surface area (Å²) in [6.45, 7) is 5.29. The van der Waals surface area contributed by atoms with Gasteiger partial charge in [0.15, 0.2) is 0 Å². The molecule has 1 rings (SSSR count). The molecule has 0 aromatic carbocycles. The lowest BCUT2D eigenvalue weighted by atomic mass is 9.84. The zero-order chi connectivity index (χ0) is 14.4. The molecule has 19 heavy (non-hydrogen) atoms. The monoisotopic (exact) mass is 269 g/mol. The summed E-state index contributed by atoms with van der Waals surface area (Å²) in [5, 5.41) is 3.22. The number of nitrogens with zero attached hydrogens (tertiary/aromatic N) is 1. The van der Waals surface area contributed by atoms with Crippen LogP contribution in [0, 0.1) is 11.8 Å². The molecular formula is C15H31N3O. The van der Waals surface area contributed by atoms with E-state index in [1.807, 2.05) is 14.1 Å². The highest BCUT2D eigenvalue weighted by molar-refractivity contribution is 5.79. The van der Waals surface area contributed by atoms with Crippen molar-refractivity contribution in [3.8, 4) is 0 Å². The van der Waals surface area contributed by atoms with Gasteiger partial charge in [-0.2, -0.15) is 0 Å². The average molecular weight is 269 g/mol. The van der Waals surface area contributed by atoms with Gasteiger partial charge in [0.25, 0.3) is 0 Å². The van der Waals surface area contributed by atoms with Crippen LogP contribution in [0.15, 0.2) is 0 Å². The largest absolute Gasteiger partial charge is 0.352 e. The zero-order valence-electron chi connectivity index (χ0n) is 13.0. The molecule has 3 N–H and O–H groups in total. The summed E-state index contributed by atoms with van der Waals surface area (Å²) >= 11 is 0. The highest BCUT2D eigenvalue weighted by Crippen LogP contribution is 2.23. The Balaban J connectivity index is 2.53. The predicted octanol–water partition coefficient (Wildman–Crippen LogP) is 1.60. The number of amides is 1. The highest BCUT2D eigenvalue weighted by Gasteiger charge is 2.29. The van der Waals surface area contributed by atoms with E-state index in [0.717, 1.165) is 38.6 Å². The molecule has 0 aliphatic heterocycles. The van der Waals surface area contributed by atoms with Crippen molar-refractivity contribution in [2.75, 3.05) is 20.6 Å². The summed E-state index contributed by atoms with van der Waals surface area (Å²) in [6.07, 6.45) is 5.25. The second-order valence-electron chi connectivity index (χ2n) is 6.65. The number of rotatable bonds is 6. The van der Waals surface area contributed by atoms with E-state index in [1.165, 1.54) is 0 Å². The van der Waals surface area contributed by atoms with Crippen molar-refractivity contribution in [1.82, 2.24) is 10.2 Å². The first-order valence-electron chi connectivity index (χ1n) is 7.60. The van der Waals surface area contributed by atoms with Gasteiger partial charge in [-0.1, -0.05) is 26.7 Å². The first kappa shape index (κ1) is 16.4. The van der Waals surface area contributed by atoms with Gasteiger partial charge in [-0.05, 0) is 39.3 Å². The van der Waals surface area contributed by atoms with Gasteiger partial charge in [0.05, 0.1) is 5.92 Å². The fourth-order valence-corrected chi connectivity index (χ4v) is 2.98.